The first-order valence-corrected chi connectivity index (χ1v) is 14.1. The zero-order chi connectivity index (χ0) is 27.1. The van der Waals surface area contributed by atoms with Crippen LogP contribution in [0.1, 0.15) is 47.6 Å². The number of benzene rings is 3. The maximum atomic E-state index is 13.0. The van der Waals surface area contributed by atoms with Crippen molar-refractivity contribution in [1.29, 1.82) is 0 Å². The van der Waals surface area contributed by atoms with Gasteiger partial charge in [0.1, 0.15) is 5.75 Å². The predicted octanol–water partition coefficient (Wildman–Crippen LogP) is 6.01. The standard InChI is InChI=1S/C34H34N4O2/c39-33(37-31-13-6-11-27-10-4-5-12-30(27)31)24-40-32-15-14-28(34-35-18-7-19-36-34)22-29(32)23-38-20-16-26(17-21-38)25-8-2-1-3-9-25/h1-5,7-10,12,14-16,18-19,22,31H,6,11,13,17,20-21,23-24H2,(H,37,39). The SMILES string of the molecule is O=C(COc1ccc(-c2ncccn2)cc1CN1CC=C(c2ccccc2)CC1)NC1CCCc2ccccc21. The Kier molecular flexibility index (Phi) is 7.96. The van der Waals surface area contributed by atoms with Crippen molar-refractivity contribution in [1.82, 2.24) is 20.2 Å². The molecule has 6 rings (SSSR count). The van der Waals surface area contributed by atoms with Gasteiger partial charge in [-0.1, -0.05) is 60.7 Å². The van der Waals surface area contributed by atoms with Gasteiger partial charge in [0.05, 0.1) is 6.04 Å². The zero-order valence-electron chi connectivity index (χ0n) is 22.6. The van der Waals surface area contributed by atoms with Crippen molar-refractivity contribution in [2.75, 3.05) is 19.7 Å². The first kappa shape index (κ1) is 26.0. The second kappa shape index (κ2) is 12.3. The Balaban J connectivity index is 1.16. The van der Waals surface area contributed by atoms with E-state index in [0.717, 1.165) is 55.6 Å². The van der Waals surface area contributed by atoms with Crippen molar-refractivity contribution < 1.29 is 9.53 Å². The van der Waals surface area contributed by atoms with Gasteiger partial charge in [0, 0.05) is 43.2 Å². The van der Waals surface area contributed by atoms with E-state index < -0.39 is 0 Å². The molecule has 0 radical (unpaired) electrons. The fourth-order valence-electron chi connectivity index (χ4n) is 5.72. The van der Waals surface area contributed by atoms with Crippen molar-refractivity contribution >= 4 is 11.5 Å². The van der Waals surface area contributed by atoms with E-state index in [0.29, 0.717) is 12.4 Å². The summed E-state index contributed by atoms with van der Waals surface area (Å²) in [6.45, 7) is 2.50. The van der Waals surface area contributed by atoms with Crippen LogP contribution in [0.3, 0.4) is 0 Å². The third-order valence-corrected chi connectivity index (χ3v) is 7.78. The molecule has 2 heterocycles. The second-order valence-corrected chi connectivity index (χ2v) is 10.5. The minimum Gasteiger partial charge on any atom is -0.483 e. The Morgan fingerprint density at radius 3 is 2.58 bits per heavy atom. The summed E-state index contributed by atoms with van der Waals surface area (Å²) >= 11 is 0. The lowest BCUT2D eigenvalue weighted by atomic mass is 9.88. The summed E-state index contributed by atoms with van der Waals surface area (Å²) < 4.78 is 6.16. The summed E-state index contributed by atoms with van der Waals surface area (Å²) in [6, 6.07) is 26.8. The molecule has 4 aromatic rings. The van der Waals surface area contributed by atoms with Gasteiger partial charge in [-0.15, -0.1) is 0 Å². The van der Waals surface area contributed by atoms with Gasteiger partial charge < -0.3 is 10.1 Å². The van der Waals surface area contributed by atoms with Gasteiger partial charge in [0.2, 0.25) is 0 Å². The molecule has 0 spiro atoms. The highest BCUT2D eigenvalue weighted by Crippen LogP contribution is 2.31. The van der Waals surface area contributed by atoms with E-state index in [-0.39, 0.29) is 18.6 Å². The topological polar surface area (TPSA) is 67.3 Å². The largest absolute Gasteiger partial charge is 0.483 e. The van der Waals surface area contributed by atoms with Gasteiger partial charge in [0.15, 0.2) is 12.4 Å². The van der Waals surface area contributed by atoms with Crippen molar-refractivity contribution in [2.24, 2.45) is 0 Å². The number of amides is 1. The van der Waals surface area contributed by atoms with Crippen molar-refractivity contribution in [3.63, 3.8) is 0 Å². The average molecular weight is 531 g/mol. The summed E-state index contributed by atoms with van der Waals surface area (Å²) in [4.78, 5) is 24.2. The van der Waals surface area contributed by atoms with Crippen LogP contribution in [0.25, 0.3) is 17.0 Å². The number of carbonyl (C=O) groups excluding carboxylic acids is 1. The number of ether oxygens (including phenoxy) is 1. The van der Waals surface area contributed by atoms with Crippen molar-refractivity contribution in [2.45, 2.75) is 38.3 Å². The van der Waals surface area contributed by atoms with E-state index in [1.807, 2.05) is 24.3 Å². The molecular weight excluding hydrogens is 496 g/mol. The molecule has 0 saturated carbocycles. The normalized spacial score (nSPS) is 17.0. The third kappa shape index (κ3) is 6.13. The van der Waals surface area contributed by atoms with Crippen molar-refractivity contribution in [3.8, 4) is 17.1 Å². The molecule has 0 bridgehead atoms. The van der Waals surface area contributed by atoms with Crippen molar-refractivity contribution in [3.05, 3.63) is 120 Å². The van der Waals surface area contributed by atoms with E-state index in [9.17, 15) is 4.79 Å². The lowest BCUT2D eigenvalue weighted by Gasteiger charge is -2.28. The number of aromatic nitrogens is 2. The molecule has 40 heavy (non-hydrogen) atoms. The lowest BCUT2D eigenvalue weighted by molar-refractivity contribution is -0.124. The molecule has 1 N–H and O–H groups in total. The van der Waals surface area contributed by atoms with Crippen LogP contribution in [-0.2, 0) is 17.8 Å². The van der Waals surface area contributed by atoms with Crippen LogP contribution in [-0.4, -0.2) is 40.5 Å². The van der Waals surface area contributed by atoms with Gasteiger partial charge in [-0.05, 0) is 72.2 Å². The molecule has 1 unspecified atom stereocenters. The first-order chi connectivity index (χ1) is 19.7. The minimum atomic E-state index is -0.100. The number of rotatable bonds is 8. The summed E-state index contributed by atoms with van der Waals surface area (Å²) in [5.74, 6) is 1.29. The van der Waals surface area contributed by atoms with Crippen LogP contribution in [0.5, 0.6) is 5.75 Å². The number of nitrogens with zero attached hydrogens (tertiary/aromatic N) is 3. The summed E-state index contributed by atoms with van der Waals surface area (Å²) in [5, 5.41) is 3.20. The number of fused-ring (bicyclic) bond motifs is 1. The second-order valence-electron chi connectivity index (χ2n) is 10.5. The van der Waals surface area contributed by atoms with E-state index in [1.165, 1.54) is 22.3 Å². The quantitative estimate of drug-likeness (QED) is 0.302. The average Bonchev–Trinajstić information content (AvgIpc) is 3.02. The number of nitrogens with one attached hydrogen (secondary N) is 1. The number of carbonyl (C=O) groups is 1. The van der Waals surface area contributed by atoms with Crippen LogP contribution in [0.4, 0.5) is 0 Å². The molecule has 1 amide bonds. The molecule has 6 nitrogen and oxygen atoms in total. The molecule has 2 aliphatic rings. The fraction of sp³-hybridized carbons (Fsp3) is 0.265. The number of hydrogen-bond donors (Lipinski definition) is 1. The molecule has 1 aromatic heterocycles. The Labute approximate surface area is 235 Å². The Bertz CT molecular complexity index is 1490. The Morgan fingerprint density at radius 2 is 1.75 bits per heavy atom. The highest BCUT2D eigenvalue weighted by molar-refractivity contribution is 5.78. The summed E-state index contributed by atoms with van der Waals surface area (Å²) in [7, 11) is 0. The summed E-state index contributed by atoms with van der Waals surface area (Å²) in [6.07, 6.45) is 9.91. The molecule has 0 fully saturated rings. The Morgan fingerprint density at radius 1 is 0.925 bits per heavy atom. The predicted molar refractivity (Wildman–Crippen MR) is 158 cm³/mol. The smallest absolute Gasteiger partial charge is 0.258 e. The van der Waals surface area contributed by atoms with E-state index in [4.69, 9.17) is 4.74 Å². The van der Waals surface area contributed by atoms with Gasteiger partial charge in [-0.3, -0.25) is 9.69 Å². The third-order valence-electron chi connectivity index (χ3n) is 7.78. The number of aryl methyl sites for hydroxylation is 1. The summed E-state index contributed by atoms with van der Waals surface area (Å²) in [5.41, 5.74) is 7.19. The van der Waals surface area contributed by atoms with Gasteiger partial charge >= 0.3 is 0 Å². The van der Waals surface area contributed by atoms with Gasteiger partial charge in [-0.25, -0.2) is 9.97 Å². The highest BCUT2D eigenvalue weighted by atomic mass is 16.5. The van der Waals surface area contributed by atoms with Crippen LogP contribution in [0, 0.1) is 0 Å². The fourth-order valence-corrected chi connectivity index (χ4v) is 5.72. The molecule has 1 aliphatic heterocycles. The van der Waals surface area contributed by atoms with E-state index in [2.05, 4.69) is 80.9 Å². The lowest BCUT2D eigenvalue weighted by Crippen LogP contribution is -2.34. The molecule has 6 heteroatoms. The van der Waals surface area contributed by atoms with Crippen LogP contribution < -0.4 is 10.1 Å². The van der Waals surface area contributed by atoms with E-state index in [1.54, 1.807) is 12.4 Å². The monoisotopic (exact) mass is 530 g/mol. The molecule has 3 aromatic carbocycles. The number of hydrogen-bond acceptors (Lipinski definition) is 5. The van der Waals surface area contributed by atoms with Crippen LogP contribution in [0.15, 0.2) is 97.3 Å². The highest BCUT2D eigenvalue weighted by Gasteiger charge is 2.22. The zero-order valence-corrected chi connectivity index (χ0v) is 22.6. The molecule has 1 atom stereocenters. The molecule has 202 valence electrons. The van der Waals surface area contributed by atoms with Crippen LogP contribution in [0.2, 0.25) is 0 Å². The maximum absolute atomic E-state index is 13.0. The van der Waals surface area contributed by atoms with E-state index >= 15 is 0 Å². The van der Waals surface area contributed by atoms with Gasteiger partial charge in [0.25, 0.3) is 5.91 Å². The molecular formula is C34H34N4O2. The molecule has 0 saturated heterocycles. The maximum Gasteiger partial charge on any atom is 0.258 e. The van der Waals surface area contributed by atoms with Gasteiger partial charge in [-0.2, -0.15) is 0 Å². The molecule has 1 aliphatic carbocycles. The Hall–Kier alpha value is -4.29. The van der Waals surface area contributed by atoms with Crippen LogP contribution >= 0.6 is 0 Å². The minimum absolute atomic E-state index is 0.0229. The first-order valence-electron chi connectivity index (χ1n) is 14.1.